The molecule has 68 valence electrons. The minimum absolute atomic E-state index is 0.0356. The van der Waals surface area contributed by atoms with Gasteiger partial charge in [-0.3, -0.25) is 0 Å². The number of hydrogen-bond donors (Lipinski definition) is 1. The Balaban J connectivity index is 3.44. The van der Waals surface area contributed by atoms with Gasteiger partial charge in [-0.15, -0.1) is 0 Å². The Kier molecular flexibility index (Phi) is 5.24. The Morgan fingerprint density at radius 1 is 1.36 bits per heavy atom. The minimum Gasteiger partial charge on any atom is -0.353 e. The highest BCUT2D eigenvalue weighted by molar-refractivity contribution is 6.78. The molecule has 2 nitrogen and oxygen atoms in total. The van der Waals surface area contributed by atoms with Crippen LogP contribution in [0.3, 0.4) is 0 Å². The van der Waals surface area contributed by atoms with E-state index in [1.165, 1.54) is 12.5 Å². The summed E-state index contributed by atoms with van der Waals surface area (Å²) in [5.74, 6) is 0. The predicted octanol–water partition coefficient (Wildman–Crippen LogP) is 0.604. The van der Waals surface area contributed by atoms with Crippen LogP contribution in [0.1, 0.15) is 6.42 Å². The molecule has 0 saturated carbocycles. The molecule has 0 saturated heterocycles. The van der Waals surface area contributed by atoms with Gasteiger partial charge in [0.1, 0.15) is 8.24 Å². The second kappa shape index (κ2) is 5.08. The molecule has 0 unspecified atom stereocenters. The third-order valence-corrected chi connectivity index (χ3v) is 9.39. The normalized spacial score (nSPS) is 13.6. The maximum absolute atomic E-state index is 5.44. The Morgan fingerprint density at radius 3 is 2.27 bits per heavy atom. The van der Waals surface area contributed by atoms with Crippen molar-refractivity contribution in [3.05, 3.63) is 0 Å². The lowest BCUT2D eigenvalue weighted by Crippen LogP contribution is -2.45. The fourth-order valence-electron chi connectivity index (χ4n) is 0.829. The van der Waals surface area contributed by atoms with Crippen molar-refractivity contribution in [1.29, 1.82) is 0 Å². The summed E-state index contributed by atoms with van der Waals surface area (Å²) in [5.41, 5.74) is 5.44. The SMILES string of the molecule is CN([SiH2]CCCN)[Si](C)(C)C. The molecule has 0 aromatic heterocycles. The second-order valence-electron chi connectivity index (χ2n) is 4.09. The molecule has 2 N–H and O–H groups in total. The minimum atomic E-state index is -0.956. The van der Waals surface area contributed by atoms with Crippen molar-refractivity contribution >= 4 is 17.9 Å². The van der Waals surface area contributed by atoms with Crippen LogP contribution in [0.15, 0.2) is 0 Å². The van der Waals surface area contributed by atoms with Crippen LogP contribution in [0.25, 0.3) is 0 Å². The summed E-state index contributed by atoms with van der Waals surface area (Å²) in [7, 11) is 1.37. The van der Waals surface area contributed by atoms with Crippen molar-refractivity contribution in [2.75, 3.05) is 13.6 Å². The molecule has 0 fully saturated rings. The maximum atomic E-state index is 5.44. The van der Waals surface area contributed by atoms with Gasteiger partial charge in [0.15, 0.2) is 0 Å². The van der Waals surface area contributed by atoms with E-state index in [2.05, 4.69) is 30.9 Å². The van der Waals surface area contributed by atoms with Crippen LogP contribution in [-0.2, 0) is 0 Å². The Morgan fingerprint density at radius 2 is 1.91 bits per heavy atom. The molecular formula is C7H22N2Si2. The van der Waals surface area contributed by atoms with Gasteiger partial charge in [0.05, 0.1) is 9.68 Å². The van der Waals surface area contributed by atoms with Gasteiger partial charge in [-0.25, -0.2) is 0 Å². The van der Waals surface area contributed by atoms with Crippen LogP contribution in [0.4, 0.5) is 0 Å². The van der Waals surface area contributed by atoms with E-state index in [-0.39, 0.29) is 9.68 Å². The number of nitrogens with zero attached hydrogens (tertiary/aromatic N) is 1. The van der Waals surface area contributed by atoms with Gasteiger partial charge in [-0.05, 0) is 26.1 Å². The summed E-state index contributed by atoms with van der Waals surface area (Å²) in [6.07, 6.45) is 1.22. The molecule has 0 atom stereocenters. The molecule has 0 aromatic rings. The van der Waals surface area contributed by atoms with Gasteiger partial charge in [0.2, 0.25) is 0 Å². The first-order valence-corrected chi connectivity index (χ1v) is 9.47. The van der Waals surface area contributed by atoms with Crippen LogP contribution >= 0.6 is 0 Å². The molecule has 11 heavy (non-hydrogen) atoms. The van der Waals surface area contributed by atoms with E-state index in [0.29, 0.717) is 0 Å². The van der Waals surface area contributed by atoms with Crippen molar-refractivity contribution in [3.8, 4) is 0 Å². The van der Waals surface area contributed by atoms with Crippen LogP contribution in [0, 0.1) is 0 Å². The van der Waals surface area contributed by atoms with E-state index >= 15 is 0 Å². The van der Waals surface area contributed by atoms with Gasteiger partial charge < -0.3 is 9.96 Å². The number of rotatable bonds is 5. The van der Waals surface area contributed by atoms with E-state index in [4.69, 9.17) is 5.73 Å². The molecule has 0 aliphatic heterocycles. The molecular weight excluding hydrogens is 168 g/mol. The highest BCUT2D eigenvalue weighted by Gasteiger charge is 2.18. The zero-order valence-corrected chi connectivity index (χ0v) is 10.8. The van der Waals surface area contributed by atoms with Crippen LogP contribution in [0.2, 0.25) is 25.7 Å². The van der Waals surface area contributed by atoms with Gasteiger partial charge in [0.25, 0.3) is 0 Å². The maximum Gasteiger partial charge on any atom is 0.111 e. The van der Waals surface area contributed by atoms with E-state index in [0.717, 1.165) is 6.54 Å². The lowest BCUT2D eigenvalue weighted by Gasteiger charge is -2.29. The Bertz CT molecular complexity index is 101. The largest absolute Gasteiger partial charge is 0.353 e. The van der Waals surface area contributed by atoms with E-state index < -0.39 is 8.24 Å². The van der Waals surface area contributed by atoms with Crippen molar-refractivity contribution in [2.24, 2.45) is 5.73 Å². The highest BCUT2D eigenvalue weighted by atomic mass is 28.4. The topological polar surface area (TPSA) is 29.3 Å². The standard InChI is InChI=1S/C7H22N2Si2/c1-9(11(2,3)4)10-7-5-6-8/h5-8,10H2,1-4H3. The summed E-state index contributed by atoms with van der Waals surface area (Å²) < 4.78 is 2.64. The first kappa shape index (κ1) is 11.4. The molecule has 4 heteroatoms. The average Bonchev–Trinajstić information content (AvgIpc) is 1.86. The van der Waals surface area contributed by atoms with Gasteiger partial charge in [-0.2, -0.15) is 0 Å². The third-order valence-electron chi connectivity index (χ3n) is 2.09. The molecule has 0 heterocycles. The van der Waals surface area contributed by atoms with Gasteiger partial charge in [-0.1, -0.05) is 19.6 Å². The first-order chi connectivity index (χ1) is 4.98. The zero-order chi connectivity index (χ0) is 8.91. The van der Waals surface area contributed by atoms with Crippen LogP contribution in [0.5, 0.6) is 0 Å². The van der Waals surface area contributed by atoms with Crippen LogP contribution < -0.4 is 5.73 Å². The predicted molar refractivity (Wildman–Crippen MR) is 58.1 cm³/mol. The summed E-state index contributed by atoms with van der Waals surface area (Å²) in [6.45, 7) is 8.08. The zero-order valence-electron chi connectivity index (χ0n) is 8.35. The third kappa shape index (κ3) is 5.61. The highest BCUT2D eigenvalue weighted by Crippen LogP contribution is 2.05. The van der Waals surface area contributed by atoms with Crippen molar-refractivity contribution in [2.45, 2.75) is 32.1 Å². The smallest absolute Gasteiger partial charge is 0.111 e. The van der Waals surface area contributed by atoms with Crippen LogP contribution in [-0.4, -0.2) is 35.7 Å². The fourth-order valence-corrected chi connectivity index (χ4v) is 4.97. The van der Waals surface area contributed by atoms with Gasteiger partial charge in [0, 0.05) is 0 Å². The Hall–Kier alpha value is 0.354. The average molecular weight is 190 g/mol. The lowest BCUT2D eigenvalue weighted by atomic mass is 10.5. The fraction of sp³-hybridized carbons (Fsp3) is 1.00. The molecule has 0 radical (unpaired) electrons. The lowest BCUT2D eigenvalue weighted by molar-refractivity contribution is 0.779. The van der Waals surface area contributed by atoms with Crippen molar-refractivity contribution in [3.63, 3.8) is 0 Å². The van der Waals surface area contributed by atoms with Crippen molar-refractivity contribution < 1.29 is 0 Å². The summed E-state index contributed by atoms with van der Waals surface area (Å²) in [5, 5.41) is 0. The molecule has 0 amide bonds. The first-order valence-electron chi connectivity index (χ1n) is 4.40. The quantitative estimate of drug-likeness (QED) is 0.508. The molecule has 0 aromatic carbocycles. The summed E-state index contributed by atoms with van der Waals surface area (Å²) in [6, 6.07) is 1.39. The van der Waals surface area contributed by atoms with E-state index in [1.807, 2.05) is 0 Å². The number of hydrogen-bond acceptors (Lipinski definition) is 2. The second-order valence-corrected chi connectivity index (χ2v) is 11.9. The number of nitrogens with two attached hydrogens (primary N) is 1. The Labute approximate surface area is 74.1 Å². The molecule has 0 aliphatic rings. The van der Waals surface area contributed by atoms with Crippen molar-refractivity contribution in [1.82, 2.24) is 4.23 Å². The monoisotopic (exact) mass is 190 g/mol. The van der Waals surface area contributed by atoms with E-state index in [1.54, 1.807) is 0 Å². The summed E-state index contributed by atoms with van der Waals surface area (Å²) in [4.78, 5) is 0. The molecule has 0 rings (SSSR count). The molecule has 0 spiro atoms. The van der Waals surface area contributed by atoms with E-state index in [9.17, 15) is 0 Å². The summed E-state index contributed by atoms with van der Waals surface area (Å²) >= 11 is 0. The molecule has 0 aliphatic carbocycles. The molecule has 0 bridgehead atoms. The van der Waals surface area contributed by atoms with Gasteiger partial charge >= 0.3 is 0 Å².